The fraction of sp³-hybridized carbons (Fsp3) is 0.375. The molecule has 1 aliphatic carbocycles. The summed E-state index contributed by atoms with van der Waals surface area (Å²) >= 11 is 0. The maximum Gasteiger partial charge on any atom is 0.344 e. The van der Waals surface area contributed by atoms with E-state index in [-0.39, 0.29) is 31.9 Å². The highest BCUT2D eigenvalue weighted by Crippen LogP contribution is 2.56. The van der Waals surface area contributed by atoms with Crippen molar-refractivity contribution in [2.24, 2.45) is 5.92 Å². The van der Waals surface area contributed by atoms with Crippen LogP contribution in [0.5, 0.6) is 28.7 Å². The molecule has 0 saturated heterocycles. The van der Waals surface area contributed by atoms with Crippen LogP contribution in [0.4, 0.5) is 0 Å². The first-order valence-corrected chi connectivity index (χ1v) is 13.7. The van der Waals surface area contributed by atoms with E-state index in [9.17, 15) is 9.59 Å². The Hall–Kier alpha value is -4.40. The smallest absolute Gasteiger partial charge is 0.344 e. The van der Waals surface area contributed by atoms with E-state index in [0.29, 0.717) is 40.9 Å². The maximum atomic E-state index is 13.7. The highest BCUT2D eigenvalue weighted by Gasteiger charge is 2.48. The summed E-state index contributed by atoms with van der Waals surface area (Å²) in [5, 5.41) is 0. The van der Waals surface area contributed by atoms with Crippen LogP contribution in [-0.4, -0.2) is 52.8 Å². The molecular formula is C32H34O9. The minimum absolute atomic E-state index is 0.147. The van der Waals surface area contributed by atoms with Gasteiger partial charge in [-0.05, 0) is 60.4 Å². The van der Waals surface area contributed by atoms with Crippen LogP contribution in [0.3, 0.4) is 0 Å². The molecule has 0 N–H and O–H groups in total. The molecule has 1 aliphatic heterocycles. The second-order valence-electron chi connectivity index (χ2n) is 9.75. The third kappa shape index (κ3) is 5.62. The molecule has 0 aromatic heterocycles. The number of hydrogen-bond acceptors (Lipinski definition) is 9. The lowest BCUT2D eigenvalue weighted by Gasteiger charge is -2.26. The van der Waals surface area contributed by atoms with Gasteiger partial charge in [-0.3, -0.25) is 4.79 Å². The van der Waals surface area contributed by atoms with Crippen LogP contribution in [0.25, 0.3) is 0 Å². The van der Waals surface area contributed by atoms with Crippen LogP contribution < -0.4 is 23.7 Å². The fourth-order valence-electron chi connectivity index (χ4n) is 5.62. The average molecular weight is 563 g/mol. The minimum atomic E-state index is -0.657. The molecule has 0 bridgehead atoms. The standard InChI is InChI=1S/C32H34O9/c1-5-13-38-21-9-10-22-24(15-21)30(23-11-8-20(35-3)16-26(23)39-17-28(33)37-6-2)31(32(34)36-4)29(22)19-7-12-25-27(14-19)41-18-40-25/h7-12,14-16,29-31H,5-6,13,17-18H2,1-4H3/t29-,30+,31+/m0/s1. The number of hydrogen-bond donors (Lipinski definition) is 0. The third-order valence-electron chi connectivity index (χ3n) is 7.36. The van der Waals surface area contributed by atoms with Gasteiger partial charge in [-0.25, -0.2) is 4.79 Å². The molecule has 5 rings (SSSR count). The Morgan fingerprint density at radius 1 is 0.829 bits per heavy atom. The summed E-state index contributed by atoms with van der Waals surface area (Å²) in [6, 6.07) is 17.0. The normalized spacial score (nSPS) is 18.4. The van der Waals surface area contributed by atoms with Crippen molar-refractivity contribution in [2.45, 2.75) is 32.1 Å². The van der Waals surface area contributed by atoms with Crippen molar-refractivity contribution < 1.29 is 42.7 Å². The van der Waals surface area contributed by atoms with E-state index in [0.717, 1.165) is 23.1 Å². The lowest BCUT2D eigenvalue weighted by Crippen LogP contribution is -2.26. The second-order valence-corrected chi connectivity index (χ2v) is 9.75. The first kappa shape index (κ1) is 28.1. The molecule has 0 spiro atoms. The molecule has 0 unspecified atom stereocenters. The van der Waals surface area contributed by atoms with E-state index in [1.807, 2.05) is 55.5 Å². The Labute approximate surface area is 239 Å². The lowest BCUT2D eigenvalue weighted by molar-refractivity contribution is -0.147. The molecule has 0 fully saturated rings. The Bertz CT molecular complexity index is 1420. The molecule has 0 saturated carbocycles. The van der Waals surface area contributed by atoms with Gasteiger partial charge < -0.3 is 33.2 Å². The van der Waals surface area contributed by atoms with E-state index < -0.39 is 17.8 Å². The summed E-state index contributed by atoms with van der Waals surface area (Å²) in [5.74, 6) is 0.569. The SMILES string of the molecule is CCCOc1ccc2c(c1)[C@@H](c1ccc(OC)cc1OCC(=O)OCC)[C@H](C(=O)OC)[C@H]2c1ccc2c(c1)OCO2. The van der Waals surface area contributed by atoms with Crippen molar-refractivity contribution in [3.8, 4) is 28.7 Å². The van der Waals surface area contributed by atoms with Gasteiger partial charge in [-0.2, -0.15) is 0 Å². The van der Waals surface area contributed by atoms with E-state index in [1.165, 1.54) is 7.11 Å². The van der Waals surface area contributed by atoms with Gasteiger partial charge in [0.05, 0.1) is 33.4 Å². The van der Waals surface area contributed by atoms with Gasteiger partial charge in [-0.15, -0.1) is 0 Å². The van der Waals surface area contributed by atoms with E-state index >= 15 is 0 Å². The molecule has 9 nitrogen and oxygen atoms in total. The number of benzene rings is 3. The number of esters is 2. The van der Waals surface area contributed by atoms with Crippen LogP contribution in [0.15, 0.2) is 54.6 Å². The molecule has 2 aliphatic rings. The molecule has 9 heteroatoms. The summed E-state index contributed by atoms with van der Waals surface area (Å²) < 4.78 is 39.1. The predicted octanol–water partition coefficient (Wildman–Crippen LogP) is 5.22. The zero-order valence-electron chi connectivity index (χ0n) is 23.6. The summed E-state index contributed by atoms with van der Waals surface area (Å²) in [5.41, 5.74) is 3.46. The van der Waals surface area contributed by atoms with Gasteiger partial charge in [0.25, 0.3) is 0 Å². The Balaban J connectivity index is 1.67. The van der Waals surface area contributed by atoms with Gasteiger partial charge in [-0.1, -0.05) is 25.1 Å². The van der Waals surface area contributed by atoms with Crippen LogP contribution in [0.1, 0.15) is 54.4 Å². The highest BCUT2D eigenvalue weighted by molar-refractivity contribution is 5.80. The van der Waals surface area contributed by atoms with Crippen LogP contribution >= 0.6 is 0 Å². The number of carbonyl (C=O) groups is 2. The zero-order chi connectivity index (χ0) is 28.9. The first-order chi connectivity index (χ1) is 20.0. The van der Waals surface area contributed by atoms with E-state index in [1.54, 1.807) is 20.1 Å². The lowest BCUT2D eigenvalue weighted by atomic mass is 9.79. The summed E-state index contributed by atoms with van der Waals surface area (Å²) in [6.07, 6.45) is 0.857. The van der Waals surface area contributed by atoms with Gasteiger partial charge in [0.2, 0.25) is 6.79 Å². The zero-order valence-corrected chi connectivity index (χ0v) is 23.6. The summed E-state index contributed by atoms with van der Waals surface area (Å²) in [4.78, 5) is 25.9. The predicted molar refractivity (Wildman–Crippen MR) is 149 cm³/mol. The van der Waals surface area contributed by atoms with Crippen molar-refractivity contribution in [3.63, 3.8) is 0 Å². The molecule has 3 aromatic carbocycles. The summed E-state index contributed by atoms with van der Waals surface area (Å²) in [6.45, 7) is 4.44. The number of ether oxygens (including phenoxy) is 7. The first-order valence-electron chi connectivity index (χ1n) is 13.7. The van der Waals surface area contributed by atoms with Crippen molar-refractivity contribution >= 4 is 11.9 Å². The Morgan fingerprint density at radius 2 is 1.61 bits per heavy atom. The number of rotatable bonds is 11. The molecule has 0 radical (unpaired) electrons. The number of fused-ring (bicyclic) bond motifs is 2. The van der Waals surface area contributed by atoms with Crippen molar-refractivity contribution in [3.05, 3.63) is 76.9 Å². The van der Waals surface area contributed by atoms with Gasteiger partial charge in [0, 0.05) is 23.5 Å². The third-order valence-corrected chi connectivity index (χ3v) is 7.36. The number of methoxy groups -OCH3 is 2. The van der Waals surface area contributed by atoms with Gasteiger partial charge >= 0.3 is 11.9 Å². The molecule has 41 heavy (non-hydrogen) atoms. The van der Waals surface area contributed by atoms with Crippen LogP contribution in [0, 0.1) is 5.92 Å². The number of carbonyl (C=O) groups excluding carboxylic acids is 2. The quantitative estimate of drug-likeness (QED) is 0.291. The molecule has 3 aromatic rings. The Kier molecular flexibility index (Phi) is 8.52. The minimum Gasteiger partial charge on any atom is -0.497 e. The maximum absolute atomic E-state index is 13.7. The second kappa shape index (κ2) is 12.4. The molecule has 0 amide bonds. The highest BCUT2D eigenvalue weighted by atomic mass is 16.7. The van der Waals surface area contributed by atoms with Gasteiger partial charge in [0.15, 0.2) is 18.1 Å². The topological polar surface area (TPSA) is 98.8 Å². The largest absolute Gasteiger partial charge is 0.497 e. The molecule has 1 heterocycles. The fourth-order valence-corrected chi connectivity index (χ4v) is 5.62. The van der Waals surface area contributed by atoms with Crippen LogP contribution in [0.2, 0.25) is 0 Å². The Morgan fingerprint density at radius 3 is 2.37 bits per heavy atom. The monoisotopic (exact) mass is 562 g/mol. The van der Waals surface area contributed by atoms with Crippen LogP contribution in [-0.2, 0) is 19.1 Å². The molecular weight excluding hydrogens is 528 g/mol. The van der Waals surface area contributed by atoms with Crippen molar-refractivity contribution in [2.75, 3.05) is 40.8 Å². The van der Waals surface area contributed by atoms with Crippen molar-refractivity contribution in [1.82, 2.24) is 0 Å². The van der Waals surface area contributed by atoms with Gasteiger partial charge in [0.1, 0.15) is 17.2 Å². The summed E-state index contributed by atoms with van der Waals surface area (Å²) in [7, 11) is 2.94. The average Bonchev–Trinajstić information content (AvgIpc) is 3.60. The van der Waals surface area contributed by atoms with E-state index in [2.05, 4.69) is 0 Å². The molecule has 216 valence electrons. The van der Waals surface area contributed by atoms with E-state index in [4.69, 9.17) is 33.2 Å². The van der Waals surface area contributed by atoms with Crippen molar-refractivity contribution in [1.29, 1.82) is 0 Å². The molecule has 3 atom stereocenters.